The Morgan fingerprint density at radius 1 is 1.15 bits per heavy atom. The first kappa shape index (κ1) is 18.2. The number of benzene rings is 2. The van der Waals surface area contributed by atoms with Crippen LogP contribution in [0, 0.1) is 19.8 Å². The maximum atomic E-state index is 12.7. The van der Waals surface area contributed by atoms with Gasteiger partial charge in [0.2, 0.25) is 11.8 Å². The fourth-order valence-electron chi connectivity index (χ4n) is 3.39. The van der Waals surface area contributed by atoms with Crippen molar-refractivity contribution in [3.8, 4) is 0 Å². The molecule has 136 valence electrons. The summed E-state index contributed by atoms with van der Waals surface area (Å²) in [5, 5.41) is 2.94. The summed E-state index contributed by atoms with van der Waals surface area (Å²) in [4.78, 5) is 27.0. The van der Waals surface area contributed by atoms with Crippen LogP contribution in [-0.2, 0) is 22.6 Å². The number of nitrogens with one attached hydrogen (secondary N) is 1. The van der Waals surface area contributed by atoms with E-state index < -0.39 is 5.92 Å². The van der Waals surface area contributed by atoms with Gasteiger partial charge in [0, 0.05) is 18.8 Å². The normalized spacial score (nSPS) is 16.8. The van der Waals surface area contributed by atoms with Crippen LogP contribution in [0.5, 0.6) is 0 Å². The van der Waals surface area contributed by atoms with Gasteiger partial charge in [0.1, 0.15) is 5.92 Å². The minimum atomic E-state index is -0.592. The molecule has 1 fully saturated rings. The maximum absolute atomic E-state index is 12.7. The number of hydrogen-bond donors (Lipinski definition) is 1. The number of carbonyl (C=O) groups excluding carboxylic acids is 2. The van der Waals surface area contributed by atoms with Crippen LogP contribution in [0.25, 0.3) is 0 Å². The quantitative estimate of drug-likeness (QED) is 0.839. The van der Waals surface area contributed by atoms with Crippen LogP contribution in [0.1, 0.15) is 35.6 Å². The van der Waals surface area contributed by atoms with E-state index in [9.17, 15) is 9.59 Å². The number of nitrogens with zero attached hydrogens (tertiary/aromatic N) is 1. The molecule has 26 heavy (non-hydrogen) atoms. The third-order valence-electron chi connectivity index (χ3n) is 5.14. The molecular weight excluding hydrogens is 324 g/mol. The number of amides is 2. The third-order valence-corrected chi connectivity index (χ3v) is 5.14. The highest BCUT2D eigenvalue weighted by Gasteiger charge is 2.37. The summed E-state index contributed by atoms with van der Waals surface area (Å²) in [6, 6.07) is 14.2. The van der Waals surface area contributed by atoms with Crippen LogP contribution in [-0.4, -0.2) is 18.4 Å². The van der Waals surface area contributed by atoms with E-state index in [1.165, 1.54) is 11.1 Å². The van der Waals surface area contributed by atoms with Crippen LogP contribution < -0.4 is 10.2 Å². The number of anilines is 1. The maximum Gasteiger partial charge on any atom is 0.239 e. The second-order valence-corrected chi connectivity index (χ2v) is 7.00. The van der Waals surface area contributed by atoms with E-state index in [-0.39, 0.29) is 11.8 Å². The lowest BCUT2D eigenvalue weighted by Gasteiger charge is -2.17. The monoisotopic (exact) mass is 350 g/mol. The van der Waals surface area contributed by atoms with E-state index in [0.29, 0.717) is 19.5 Å². The van der Waals surface area contributed by atoms with Crippen LogP contribution in [0.15, 0.2) is 42.5 Å². The molecule has 1 heterocycles. The Bertz CT molecular complexity index is 811. The molecule has 0 radical (unpaired) electrons. The highest BCUT2D eigenvalue weighted by Crippen LogP contribution is 2.26. The van der Waals surface area contributed by atoms with E-state index >= 15 is 0 Å². The minimum absolute atomic E-state index is 0.104. The molecule has 0 aliphatic carbocycles. The van der Waals surface area contributed by atoms with Gasteiger partial charge in [0.25, 0.3) is 0 Å². The van der Waals surface area contributed by atoms with Gasteiger partial charge in [-0.1, -0.05) is 42.8 Å². The van der Waals surface area contributed by atoms with Gasteiger partial charge in [-0.25, -0.2) is 0 Å². The minimum Gasteiger partial charge on any atom is -0.351 e. The van der Waals surface area contributed by atoms with Crippen LogP contribution >= 0.6 is 0 Å². The molecule has 0 aromatic heterocycles. The van der Waals surface area contributed by atoms with Crippen molar-refractivity contribution in [2.45, 2.75) is 40.2 Å². The molecule has 1 N–H and O–H groups in total. The molecule has 2 aromatic rings. The van der Waals surface area contributed by atoms with Crippen molar-refractivity contribution in [1.82, 2.24) is 5.32 Å². The summed E-state index contributed by atoms with van der Waals surface area (Å²) in [5.41, 5.74) is 5.51. The van der Waals surface area contributed by atoms with E-state index in [4.69, 9.17) is 0 Å². The Labute approximate surface area is 155 Å². The van der Waals surface area contributed by atoms with E-state index in [1.807, 2.05) is 38.1 Å². The standard InChI is InChI=1S/C22H26N2O2/c1-4-17-7-9-19(10-8-17)24-12-11-20(22(24)26)21(25)23-14-18-13-15(2)5-6-16(18)3/h5-10,13,20H,4,11-12,14H2,1-3H3,(H,23,25)/t20-/m0/s1. The predicted octanol–water partition coefficient (Wildman–Crippen LogP) is 3.54. The molecule has 2 aromatic carbocycles. The van der Waals surface area contributed by atoms with Crippen molar-refractivity contribution in [2.24, 2.45) is 5.92 Å². The molecule has 0 spiro atoms. The van der Waals surface area contributed by atoms with Crippen molar-refractivity contribution in [3.05, 3.63) is 64.7 Å². The summed E-state index contributed by atoms with van der Waals surface area (Å²) >= 11 is 0. The molecule has 2 amide bonds. The summed E-state index contributed by atoms with van der Waals surface area (Å²) in [5.74, 6) is -0.873. The number of hydrogen-bond acceptors (Lipinski definition) is 2. The average Bonchev–Trinajstić information content (AvgIpc) is 3.04. The Kier molecular flexibility index (Phi) is 5.40. The first-order valence-electron chi connectivity index (χ1n) is 9.23. The first-order valence-corrected chi connectivity index (χ1v) is 9.23. The predicted molar refractivity (Wildman–Crippen MR) is 104 cm³/mol. The van der Waals surface area contributed by atoms with Gasteiger partial charge < -0.3 is 10.2 Å². The van der Waals surface area contributed by atoms with Crippen molar-refractivity contribution in [2.75, 3.05) is 11.4 Å². The molecule has 0 unspecified atom stereocenters. The van der Waals surface area contributed by atoms with Gasteiger partial charge in [-0.3, -0.25) is 9.59 Å². The second kappa shape index (κ2) is 7.73. The fraction of sp³-hybridized carbons (Fsp3) is 0.364. The van der Waals surface area contributed by atoms with Crippen LogP contribution in [0.2, 0.25) is 0 Å². The molecule has 4 heteroatoms. The zero-order chi connectivity index (χ0) is 18.7. The highest BCUT2D eigenvalue weighted by molar-refractivity contribution is 6.09. The van der Waals surface area contributed by atoms with Crippen molar-refractivity contribution >= 4 is 17.5 Å². The van der Waals surface area contributed by atoms with Gasteiger partial charge in [0.15, 0.2) is 0 Å². The molecule has 1 saturated heterocycles. The zero-order valence-electron chi connectivity index (χ0n) is 15.7. The first-order chi connectivity index (χ1) is 12.5. The van der Waals surface area contributed by atoms with E-state index in [0.717, 1.165) is 23.2 Å². The smallest absolute Gasteiger partial charge is 0.239 e. The topological polar surface area (TPSA) is 49.4 Å². The summed E-state index contributed by atoms with van der Waals surface area (Å²) in [6.07, 6.45) is 1.53. The van der Waals surface area contributed by atoms with Gasteiger partial charge in [-0.05, 0) is 55.5 Å². The van der Waals surface area contributed by atoms with Crippen LogP contribution in [0.3, 0.4) is 0 Å². The van der Waals surface area contributed by atoms with Gasteiger partial charge in [-0.2, -0.15) is 0 Å². The number of aryl methyl sites for hydroxylation is 3. The summed E-state index contributed by atoms with van der Waals surface area (Å²) in [6.45, 7) is 7.22. The molecule has 1 aliphatic heterocycles. The SMILES string of the molecule is CCc1ccc(N2CC[C@@H](C(=O)NCc3cc(C)ccc3C)C2=O)cc1. The van der Waals surface area contributed by atoms with Gasteiger partial charge in [-0.15, -0.1) is 0 Å². The molecule has 1 aliphatic rings. The number of rotatable bonds is 5. The van der Waals surface area contributed by atoms with E-state index in [2.05, 4.69) is 30.4 Å². The van der Waals surface area contributed by atoms with Crippen molar-refractivity contribution < 1.29 is 9.59 Å². The second-order valence-electron chi connectivity index (χ2n) is 7.00. The highest BCUT2D eigenvalue weighted by atomic mass is 16.2. The molecular formula is C22H26N2O2. The van der Waals surface area contributed by atoms with Crippen molar-refractivity contribution in [1.29, 1.82) is 0 Å². The fourth-order valence-corrected chi connectivity index (χ4v) is 3.39. The molecule has 4 nitrogen and oxygen atoms in total. The number of carbonyl (C=O) groups is 2. The van der Waals surface area contributed by atoms with Gasteiger partial charge >= 0.3 is 0 Å². The van der Waals surface area contributed by atoms with Crippen molar-refractivity contribution in [3.63, 3.8) is 0 Å². The van der Waals surface area contributed by atoms with Gasteiger partial charge in [0.05, 0.1) is 0 Å². The largest absolute Gasteiger partial charge is 0.351 e. The Morgan fingerprint density at radius 2 is 1.88 bits per heavy atom. The molecule has 0 saturated carbocycles. The Hall–Kier alpha value is -2.62. The Morgan fingerprint density at radius 3 is 2.58 bits per heavy atom. The molecule has 0 bridgehead atoms. The van der Waals surface area contributed by atoms with E-state index in [1.54, 1.807) is 4.90 Å². The lowest BCUT2D eigenvalue weighted by molar-refractivity contribution is -0.132. The lowest BCUT2D eigenvalue weighted by atomic mass is 10.0. The average molecular weight is 350 g/mol. The Balaban J connectivity index is 1.63. The molecule has 1 atom stereocenters. The lowest BCUT2D eigenvalue weighted by Crippen LogP contribution is -2.36. The summed E-state index contributed by atoms with van der Waals surface area (Å²) in [7, 11) is 0. The zero-order valence-corrected chi connectivity index (χ0v) is 15.7. The summed E-state index contributed by atoms with van der Waals surface area (Å²) < 4.78 is 0. The van der Waals surface area contributed by atoms with Crippen LogP contribution in [0.4, 0.5) is 5.69 Å². The third kappa shape index (κ3) is 3.79. The molecule has 3 rings (SSSR count).